The van der Waals surface area contributed by atoms with Gasteiger partial charge in [-0.25, -0.2) is 4.39 Å². The molecular weight excluding hydrogens is 325 g/mol. The molecule has 5 nitrogen and oxygen atoms in total. The fourth-order valence-electron chi connectivity index (χ4n) is 4.38. The number of hydrogen-bond donors (Lipinski definition) is 1. The number of hydrogen-bond acceptors (Lipinski definition) is 4. The lowest BCUT2D eigenvalue weighted by Crippen LogP contribution is -2.37. The molecule has 2 fully saturated rings. The van der Waals surface area contributed by atoms with Gasteiger partial charge in [-0.05, 0) is 30.9 Å². The number of likely N-dealkylation sites (tertiary alicyclic amines) is 1. The molecule has 1 aromatic carbocycles. The number of aliphatic hydroxyl groups excluding tert-OH is 1. The number of halogens is 1. The SMILES string of the molecule is O=C(c1cc(=O)c2ccc(F)cc2o1)N1C[C@H]2CCCC[C@@]2(CO)C1. The second kappa shape index (κ2) is 5.95. The van der Waals surface area contributed by atoms with Gasteiger partial charge in [0.15, 0.2) is 11.2 Å². The van der Waals surface area contributed by atoms with Gasteiger partial charge >= 0.3 is 0 Å². The summed E-state index contributed by atoms with van der Waals surface area (Å²) in [6, 6.07) is 4.84. The Morgan fingerprint density at radius 3 is 2.96 bits per heavy atom. The van der Waals surface area contributed by atoms with Crippen LogP contribution in [-0.2, 0) is 0 Å². The van der Waals surface area contributed by atoms with Crippen LogP contribution in [0.2, 0.25) is 0 Å². The normalized spacial score (nSPS) is 26.0. The highest BCUT2D eigenvalue weighted by Gasteiger charge is 2.48. The third-order valence-corrected chi connectivity index (χ3v) is 5.79. The molecule has 2 heterocycles. The van der Waals surface area contributed by atoms with Gasteiger partial charge in [0.25, 0.3) is 5.91 Å². The van der Waals surface area contributed by atoms with Crippen LogP contribution >= 0.6 is 0 Å². The third kappa shape index (κ3) is 2.65. The fourth-order valence-corrected chi connectivity index (χ4v) is 4.38. The van der Waals surface area contributed by atoms with Crippen molar-refractivity contribution in [3.63, 3.8) is 0 Å². The van der Waals surface area contributed by atoms with E-state index in [2.05, 4.69) is 0 Å². The highest BCUT2D eigenvalue weighted by atomic mass is 19.1. The minimum atomic E-state index is -0.522. The largest absolute Gasteiger partial charge is 0.451 e. The first-order valence-electron chi connectivity index (χ1n) is 8.66. The molecule has 4 rings (SSSR count). The number of rotatable bonds is 2. The fraction of sp³-hybridized carbons (Fsp3) is 0.474. The van der Waals surface area contributed by atoms with Crippen molar-refractivity contribution in [1.29, 1.82) is 0 Å². The molecule has 1 aromatic heterocycles. The van der Waals surface area contributed by atoms with E-state index in [1.165, 1.54) is 18.2 Å². The Hall–Kier alpha value is -2.21. The Morgan fingerprint density at radius 1 is 1.36 bits per heavy atom. The Balaban J connectivity index is 1.67. The molecule has 2 aliphatic rings. The second-order valence-corrected chi connectivity index (χ2v) is 7.26. The molecule has 0 spiro atoms. The first kappa shape index (κ1) is 16.3. The summed E-state index contributed by atoms with van der Waals surface area (Å²) in [5.41, 5.74) is -0.528. The van der Waals surface area contributed by atoms with E-state index in [0.717, 1.165) is 31.7 Å². The standard InChI is InChI=1S/C19H20FNO4/c20-13-4-5-14-15(23)8-17(25-16(14)7-13)18(24)21-9-12-3-1-2-6-19(12,10-21)11-22/h4-5,7-8,12,22H,1-3,6,9-11H2/t12-,19+/m1/s1. The quantitative estimate of drug-likeness (QED) is 0.908. The predicted octanol–water partition coefficient (Wildman–Crippen LogP) is 2.56. The zero-order valence-corrected chi connectivity index (χ0v) is 13.8. The molecule has 0 radical (unpaired) electrons. The summed E-state index contributed by atoms with van der Waals surface area (Å²) in [4.78, 5) is 26.7. The molecule has 6 heteroatoms. The van der Waals surface area contributed by atoms with Gasteiger partial charge in [0.05, 0.1) is 12.0 Å². The first-order valence-corrected chi connectivity index (χ1v) is 8.66. The van der Waals surface area contributed by atoms with Gasteiger partial charge in [-0.15, -0.1) is 0 Å². The smallest absolute Gasteiger partial charge is 0.289 e. The highest BCUT2D eigenvalue weighted by molar-refractivity contribution is 5.93. The van der Waals surface area contributed by atoms with Crippen molar-refractivity contribution >= 4 is 16.9 Å². The van der Waals surface area contributed by atoms with Gasteiger partial charge in [0.1, 0.15) is 11.4 Å². The molecular formula is C19H20FNO4. The third-order valence-electron chi connectivity index (χ3n) is 5.79. The molecule has 1 aliphatic carbocycles. The van der Waals surface area contributed by atoms with E-state index in [0.29, 0.717) is 13.1 Å². The van der Waals surface area contributed by atoms with Crippen LogP contribution in [-0.4, -0.2) is 35.6 Å². The summed E-state index contributed by atoms with van der Waals surface area (Å²) in [7, 11) is 0. The maximum atomic E-state index is 13.4. The lowest BCUT2D eigenvalue weighted by Gasteiger charge is -2.36. The van der Waals surface area contributed by atoms with Crippen LogP contribution < -0.4 is 5.43 Å². The molecule has 1 saturated carbocycles. The maximum absolute atomic E-state index is 13.4. The van der Waals surface area contributed by atoms with Crippen molar-refractivity contribution in [2.24, 2.45) is 11.3 Å². The molecule has 1 aliphatic heterocycles. The first-order chi connectivity index (χ1) is 12.0. The van der Waals surface area contributed by atoms with E-state index in [-0.39, 0.29) is 46.0 Å². The summed E-state index contributed by atoms with van der Waals surface area (Å²) in [6.07, 6.45) is 4.07. The molecule has 0 bridgehead atoms. The van der Waals surface area contributed by atoms with E-state index in [9.17, 15) is 19.1 Å². The summed E-state index contributed by atoms with van der Waals surface area (Å²) in [6.45, 7) is 1.09. The number of carbonyl (C=O) groups excluding carboxylic acids is 1. The summed E-state index contributed by atoms with van der Waals surface area (Å²) < 4.78 is 18.9. The van der Waals surface area contributed by atoms with Crippen molar-refractivity contribution < 1.29 is 18.7 Å². The van der Waals surface area contributed by atoms with Gasteiger partial charge in [-0.1, -0.05) is 12.8 Å². The zero-order chi connectivity index (χ0) is 17.6. The van der Waals surface area contributed by atoms with Crippen molar-refractivity contribution in [3.8, 4) is 0 Å². The Bertz CT molecular complexity index is 893. The summed E-state index contributed by atoms with van der Waals surface area (Å²) in [5, 5.41) is 10.1. The van der Waals surface area contributed by atoms with E-state index in [4.69, 9.17) is 4.42 Å². The second-order valence-electron chi connectivity index (χ2n) is 7.26. The molecule has 1 N–H and O–H groups in total. The number of fused-ring (bicyclic) bond motifs is 2. The molecule has 2 atom stereocenters. The Kier molecular flexibility index (Phi) is 3.87. The highest BCUT2D eigenvalue weighted by Crippen LogP contribution is 2.46. The minimum absolute atomic E-state index is 0.0638. The van der Waals surface area contributed by atoms with E-state index in [1.807, 2.05) is 0 Å². The zero-order valence-electron chi connectivity index (χ0n) is 13.8. The molecule has 2 aromatic rings. The topological polar surface area (TPSA) is 70.8 Å². The Labute approximate surface area is 144 Å². The average molecular weight is 345 g/mol. The maximum Gasteiger partial charge on any atom is 0.289 e. The van der Waals surface area contributed by atoms with Crippen LogP contribution in [0.25, 0.3) is 11.0 Å². The van der Waals surface area contributed by atoms with E-state index in [1.54, 1.807) is 4.90 Å². The van der Waals surface area contributed by atoms with Crippen LogP contribution in [0, 0.1) is 17.2 Å². The molecule has 1 saturated heterocycles. The van der Waals surface area contributed by atoms with E-state index < -0.39 is 5.82 Å². The van der Waals surface area contributed by atoms with Crippen LogP contribution in [0.5, 0.6) is 0 Å². The molecule has 25 heavy (non-hydrogen) atoms. The van der Waals surface area contributed by atoms with Gasteiger partial charge in [0, 0.05) is 30.6 Å². The van der Waals surface area contributed by atoms with Gasteiger partial charge in [-0.2, -0.15) is 0 Å². The number of carbonyl (C=O) groups is 1. The number of nitrogens with zero attached hydrogens (tertiary/aromatic N) is 1. The van der Waals surface area contributed by atoms with Crippen molar-refractivity contribution in [2.75, 3.05) is 19.7 Å². The van der Waals surface area contributed by atoms with Gasteiger partial charge in [-0.3, -0.25) is 9.59 Å². The monoisotopic (exact) mass is 345 g/mol. The van der Waals surface area contributed by atoms with Crippen LogP contribution in [0.1, 0.15) is 36.2 Å². The lowest BCUT2D eigenvalue weighted by atomic mass is 9.69. The number of benzene rings is 1. The number of amides is 1. The van der Waals surface area contributed by atoms with Crippen LogP contribution in [0.4, 0.5) is 4.39 Å². The van der Waals surface area contributed by atoms with Crippen LogP contribution in [0.3, 0.4) is 0 Å². The Morgan fingerprint density at radius 2 is 2.20 bits per heavy atom. The molecule has 0 unspecified atom stereocenters. The van der Waals surface area contributed by atoms with Crippen LogP contribution in [0.15, 0.2) is 33.5 Å². The summed E-state index contributed by atoms with van der Waals surface area (Å²) in [5.74, 6) is -0.688. The average Bonchev–Trinajstić information content (AvgIpc) is 3.00. The number of aliphatic hydroxyl groups is 1. The van der Waals surface area contributed by atoms with Crippen molar-refractivity contribution in [1.82, 2.24) is 4.90 Å². The summed E-state index contributed by atoms with van der Waals surface area (Å²) >= 11 is 0. The lowest BCUT2D eigenvalue weighted by molar-refractivity contribution is 0.0545. The molecule has 132 valence electrons. The van der Waals surface area contributed by atoms with Crippen molar-refractivity contribution in [3.05, 3.63) is 46.1 Å². The molecule has 1 amide bonds. The van der Waals surface area contributed by atoms with Gasteiger partial charge in [0.2, 0.25) is 0 Å². The van der Waals surface area contributed by atoms with E-state index >= 15 is 0 Å². The minimum Gasteiger partial charge on any atom is -0.451 e. The predicted molar refractivity (Wildman–Crippen MR) is 89.8 cm³/mol. The van der Waals surface area contributed by atoms with Gasteiger partial charge < -0.3 is 14.4 Å². The van der Waals surface area contributed by atoms with Crippen molar-refractivity contribution in [2.45, 2.75) is 25.7 Å².